The van der Waals surface area contributed by atoms with Crippen molar-refractivity contribution < 1.29 is 33.7 Å². The summed E-state index contributed by atoms with van der Waals surface area (Å²) in [6, 6.07) is 0. The number of carbonyl (C=O) groups is 3. The van der Waals surface area contributed by atoms with E-state index in [1.54, 1.807) is 0 Å². The van der Waals surface area contributed by atoms with E-state index in [9.17, 15) is 19.5 Å². The molecule has 1 saturated carbocycles. The van der Waals surface area contributed by atoms with Gasteiger partial charge >= 0.3 is 17.9 Å². The minimum absolute atomic E-state index is 0.276. The van der Waals surface area contributed by atoms with Crippen molar-refractivity contribution in [2.24, 2.45) is 0 Å². The molecule has 1 N–H and O–H groups in total. The molecule has 0 amide bonds. The summed E-state index contributed by atoms with van der Waals surface area (Å²) in [5, 5.41) is 10.1. The van der Waals surface area contributed by atoms with E-state index in [2.05, 4.69) is 0 Å². The first kappa shape index (κ1) is 12.4. The van der Waals surface area contributed by atoms with Crippen molar-refractivity contribution in [3.8, 4) is 0 Å². The van der Waals surface area contributed by atoms with Gasteiger partial charge in [0.15, 0.2) is 11.7 Å². The second kappa shape index (κ2) is 3.93. The molecule has 3 atom stereocenters. The highest BCUT2D eigenvalue weighted by Crippen LogP contribution is 2.41. The molecule has 1 spiro atoms. The van der Waals surface area contributed by atoms with Gasteiger partial charge in [-0.15, -0.1) is 0 Å². The molecule has 3 unspecified atom stereocenters. The zero-order valence-electron chi connectivity index (χ0n) is 10.2. The van der Waals surface area contributed by atoms with Gasteiger partial charge in [-0.1, -0.05) is 0 Å². The van der Waals surface area contributed by atoms with Gasteiger partial charge in [-0.05, 0) is 19.3 Å². The number of esters is 3. The van der Waals surface area contributed by atoms with E-state index in [-0.39, 0.29) is 6.42 Å². The first-order chi connectivity index (χ1) is 8.93. The molecule has 0 radical (unpaired) electrons. The molecular formula is C12H14O7. The van der Waals surface area contributed by atoms with Gasteiger partial charge in [-0.2, -0.15) is 0 Å². The third kappa shape index (κ3) is 1.88. The van der Waals surface area contributed by atoms with Crippen LogP contribution in [0.25, 0.3) is 0 Å². The Morgan fingerprint density at radius 2 is 1.79 bits per heavy atom. The molecule has 0 aromatic rings. The van der Waals surface area contributed by atoms with Crippen molar-refractivity contribution in [2.45, 2.75) is 56.0 Å². The highest BCUT2D eigenvalue weighted by atomic mass is 16.8. The SMILES string of the molecule is O=C1CC2(O)CC(=O)OC3(CCCCC3O1)OC2=O. The van der Waals surface area contributed by atoms with Crippen LogP contribution in [0.5, 0.6) is 0 Å². The molecule has 3 fully saturated rings. The summed E-state index contributed by atoms with van der Waals surface area (Å²) in [6.07, 6.45) is 0.252. The summed E-state index contributed by atoms with van der Waals surface area (Å²) in [5.41, 5.74) is -2.18. The van der Waals surface area contributed by atoms with E-state index >= 15 is 0 Å². The Morgan fingerprint density at radius 1 is 1.05 bits per heavy atom. The monoisotopic (exact) mass is 270 g/mol. The van der Waals surface area contributed by atoms with E-state index < -0.39 is 48.2 Å². The minimum atomic E-state index is -2.18. The van der Waals surface area contributed by atoms with Crippen LogP contribution in [-0.4, -0.2) is 40.5 Å². The van der Waals surface area contributed by atoms with Crippen LogP contribution >= 0.6 is 0 Å². The van der Waals surface area contributed by atoms with Gasteiger partial charge in [0.25, 0.3) is 5.79 Å². The largest absolute Gasteiger partial charge is 0.454 e. The van der Waals surface area contributed by atoms with E-state index in [1.165, 1.54) is 0 Å². The molecule has 2 aliphatic heterocycles. The molecule has 7 heteroatoms. The van der Waals surface area contributed by atoms with Crippen molar-refractivity contribution in [1.82, 2.24) is 0 Å². The fourth-order valence-electron chi connectivity index (χ4n) is 2.85. The molecule has 2 bridgehead atoms. The molecule has 3 rings (SSSR count). The second-order valence-electron chi connectivity index (χ2n) is 5.28. The smallest absolute Gasteiger partial charge is 0.342 e. The van der Waals surface area contributed by atoms with Gasteiger partial charge in [-0.3, -0.25) is 9.59 Å². The number of aliphatic hydroxyl groups is 1. The summed E-state index contributed by atoms with van der Waals surface area (Å²) >= 11 is 0. The van der Waals surface area contributed by atoms with Gasteiger partial charge in [-0.25, -0.2) is 4.79 Å². The van der Waals surface area contributed by atoms with E-state index in [1.807, 2.05) is 0 Å². The van der Waals surface area contributed by atoms with Crippen molar-refractivity contribution in [3.05, 3.63) is 0 Å². The maximum atomic E-state index is 12.0. The lowest BCUT2D eigenvalue weighted by molar-refractivity contribution is -0.278. The minimum Gasteiger partial charge on any atom is -0.454 e. The molecule has 2 saturated heterocycles. The van der Waals surface area contributed by atoms with E-state index in [0.29, 0.717) is 12.8 Å². The Morgan fingerprint density at radius 3 is 2.58 bits per heavy atom. The Hall–Kier alpha value is -1.63. The third-order valence-electron chi connectivity index (χ3n) is 3.81. The zero-order chi connectivity index (χ0) is 13.7. The van der Waals surface area contributed by atoms with Crippen LogP contribution in [-0.2, 0) is 28.6 Å². The van der Waals surface area contributed by atoms with Crippen LogP contribution in [0, 0.1) is 0 Å². The van der Waals surface area contributed by atoms with Crippen molar-refractivity contribution in [2.75, 3.05) is 0 Å². The molecule has 2 heterocycles. The normalized spacial score (nSPS) is 42.2. The number of carbonyl (C=O) groups excluding carboxylic acids is 3. The van der Waals surface area contributed by atoms with Crippen molar-refractivity contribution in [1.29, 1.82) is 0 Å². The third-order valence-corrected chi connectivity index (χ3v) is 3.81. The van der Waals surface area contributed by atoms with Crippen LogP contribution in [0.3, 0.4) is 0 Å². The Bertz CT molecular complexity index is 455. The average Bonchev–Trinajstić information content (AvgIpc) is 2.36. The van der Waals surface area contributed by atoms with Gasteiger partial charge in [0.05, 0.1) is 12.8 Å². The second-order valence-corrected chi connectivity index (χ2v) is 5.28. The standard InChI is InChI=1S/C12H14O7/c13-8-5-11(16)6-9(14)18-12(19-10(11)15)4-2-1-3-7(12)17-8/h7,16H,1-6H2. The van der Waals surface area contributed by atoms with Gasteiger partial charge in [0.2, 0.25) is 0 Å². The topological polar surface area (TPSA) is 99.1 Å². The number of fused-ring (bicyclic) bond motifs is 2. The number of rotatable bonds is 0. The van der Waals surface area contributed by atoms with Crippen LogP contribution in [0.4, 0.5) is 0 Å². The summed E-state index contributed by atoms with van der Waals surface area (Å²) in [4.78, 5) is 35.5. The maximum Gasteiger partial charge on any atom is 0.342 e. The predicted octanol–water partition coefficient (Wildman–Crippen LogP) is -0.207. The van der Waals surface area contributed by atoms with Crippen LogP contribution in [0.15, 0.2) is 0 Å². The van der Waals surface area contributed by atoms with Crippen LogP contribution < -0.4 is 0 Å². The zero-order valence-corrected chi connectivity index (χ0v) is 10.2. The number of hydrogen-bond donors (Lipinski definition) is 1. The molecular weight excluding hydrogens is 256 g/mol. The lowest BCUT2D eigenvalue weighted by Crippen LogP contribution is -2.56. The fraction of sp³-hybridized carbons (Fsp3) is 0.750. The van der Waals surface area contributed by atoms with E-state index in [0.717, 1.165) is 6.42 Å². The van der Waals surface area contributed by atoms with Crippen LogP contribution in [0.2, 0.25) is 0 Å². The molecule has 104 valence electrons. The lowest BCUT2D eigenvalue weighted by Gasteiger charge is -2.41. The van der Waals surface area contributed by atoms with Gasteiger partial charge in [0, 0.05) is 6.42 Å². The first-order valence-corrected chi connectivity index (χ1v) is 6.31. The molecule has 19 heavy (non-hydrogen) atoms. The Labute approximate surface area is 108 Å². The van der Waals surface area contributed by atoms with Crippen molar-refractivity contribution in [3.63, 3.8) is 0 Å². The summed E-state index contributed by atoms with van der Waals surface area (Å²) in [7, 11) is 0. The molecule has 3 aliphatic rings. The number of ether oxygens (including phenoxy) is 3. The van der Waals surface area contributed by atoms with Gasteiger partial charge in [0.1, 0.15) is 0 Å². The molecule has 0 aromatic carbocycles. The van der Waals surface area contributed by atoms with Gasteiger partial charge < -0.3 is 19.3 Å². The fourth-order valence-corrected chi connectivity index (χ4v) is 2.85. The Kier molecular flexibility index (Phi) is 2.57. The predicted molar refractivity (Wildman–Crippen MR) is 57.4 cm³/mol. The Balaban J connectivity index is 2.07. The molecule has 0 aromatic heterocycles. The highest BCUT2D eigenvalue weighted by molar-refractivity contribution is 5.92. The maximum absolute atomic E-state index is 12.0. The molecule has 1 aliphatic carbocycles. The summed E-state index contributed by atoms with van der Waals surface area (Å²) in [5.74, 6) is -4.01. The highest BCUT2D eigenvalue weighted by Gasteiger charge is 2.59. The molecule has 7 nitrogen and oxygen atoms in total. The van der Waals surface area contributed by atoms with Crippen molar-refractivity contribution >= 4 is 17.9 Å². The summed E-state index contributed by atoms with van der Waals surface area (Å²) < 4.78 is 15.6. The lowest BCUT2D eigenvalue weighted by atomic mass is 9.89. The quantitative estimate of drug-likeness (QED) is 0.608. The first-order valence-electron chi connectivity index (χ1n) is 6.31. The van der Waals surface area contributed by atoms with Crippen LogP contribution in [0.1, 0.15) is 38.5 Å². The number of hydrogen-bond acceptors (Lipinski definition) is 7. The van der Waals surface area contributed by atoms with E-state index in [4.69, 9.17) is 14.2 Å². The average molecular weight is 270 g/mol. The summed E-state index contributed by atoms with van der Waals surface area (Å²) in [6.45, 7) is 0.